The van der Waals surface area contributed by atoms with Gasteiger partial charge in [0.2, 0.25) is 5.91 Å². The Morgan fingerprint density at radius 1 is 1.12 bits per heavy atom. The number of hydrogen-bond acceptors (Lipinski definition) is 7. The van der Waals surface area contributed by atoms with E-state index in [4.69, 9.17) is 25.4 Å². The lowest BCUT2D eigenvalue weighted by atomic mass is 10.1. The van der Waals surface area contributed by atoms with Crippen LogP contribution in [0.25, 0.3) is 16.2 Å². The van der Waals surface area contributed by atoms with Crippen LogP contribution in [0, 0.1) is 0 Å². The fraction of sp³-hybridized carbons (Fsp3) is 0.250. The minimum Gasteiger partial charge on any atom is -0.427 e. The highest BCUT2D eigenvalue weighted by molar-refractivity contribution is 7.55. The Morgan fingerprint density at radius 2 is 1.79 bits per heavy atom. The standard InChI is InChI=1S/C24H25ClNO6PS/c1-4-30-33(29,31-5-2)23(21-15-34-22-11-8-18(25)14-20(21)22)24(28)26-13-12-17-6-9-19(10-7-17)32-16(3)27/h6-15,23H,4-5H2,1-3H3,(H,26,28). The highest BCUT2D eigenvalue weighted by atomic mass is 35.5. The summed E-state index contributed by atoms with van der Waals surface area (Å²) in [6, 6.07) is 12.1. The third-order valence-corrected chi connectivity index (χ3v) is 8.28. The summed E-state index contributed by atoms with van der Waals surface area (Å²) < 4.78 is 30.7. The van der Waals surface area contributed by atoms with E-state index in [0.717, 1.165) is 15.6 Å². The quantitative estimate of drug-likeness (QED) is 0.184. The molecule has 2 aromatic carbocycles. The molecule has 34 heavy (non-hydrogen) atoms. The summed E-state index contributed by atoms with van der Waals surface area (Å²) in [5.74, 6) is -0.513. The molecule has 0 bridgehead atoms. The lowest BCUT2D eigenvalue weighted by Gasteiger charge is -2.25. The predicted molar refractivity (Wildman–Crippen MR) is 135 cm³/mol. The minimum atomic E-state index is -3.86. The SMILES string of the molecule is CCOP(=O)(OCC)C(C(=O)NC=Cc1ccc(OC(C)=O)cc1)c1csc2ccc(Cl)cc12. The summed E-state index contributed by atoms with van der Waals surface area (Å²) in [6.07, 6.45) is 3.13. The molecule has 3 rings (SSSR count). The molecule has 180 valence electrons. The number of halogens is 1. The van der Waals surface area contributed by atoms with E-state index in [1.165, 1.54) is 24.5 Å². The molecule has 0 aliphatic carbocycles. The van der Waals surface area contributed by atoms with Crippen LogP contribution < -0.4 is 10.1 Å². The van der Waals surface area contributed by atoms with E-state index in [0.29, 0.717) is 16.3 Å². The molecular weight excluding hydrogens is 497 g/mol. The molecule has 0 aliphatic heterocycles. The maximum atomic E-state index is 13.7. The average molecular weight is 522 g/mol. The third-order valence-electron chi connectivity index (χ3n) is 4.69. The maximum Gasteiger partial charge on any atom is 0.347 e. The van der Waals surface area contributed by atoms with E-state index in [1.54, 1.807) is 61.7 Å². The average Bonchev–Trinajstić information content (AvgIpc) is 3.17. The molecule has 1 heterocycles. The zero-order chi connectivity index (χ0) is 24.7. The molecule has 0 saturated heterocycles. The van der Waals surface area contributed by atoms with Crippen molar-refractivity contribution in [3.63, 3.8) is 0 Å². The first-order valence-corrected chi connectivity index (χ1v) is 13.4. The highest BCUT2D eigenvalue weighted by Crippen LogP contribution is 2.62. The van der Waals surface area contributed by atoms with Crippen molar-refractivity contribution in [3.8, 4) is 5.75 Å². The van der Waals surface area contributed by atoms with Crippen LogP contribution in [-0.4, -0.2) is 25.1 Å². The molecular formula is C24H25ClNO6PS. The van der Waals surface area contributed by atoms with Crippen molar-refractivity contribution in [1.29, 1.82) is 0 Å². The zero-order valence-corrected chi connectivity index (χ0v) is 21.4. The van der Waals surface area contributed by atoms with Crippen LogP contribution in [0.3, 0.4) is 0 Å². The number of carbonyl (C=O) groups excluding carboxylic acids is 2. The van der Waals surface area contributed by atoms with Gasteiger partial charge in [0.05, 0.1) is 13.2 Å². The Labute approximate surface area is 207 Å². The second kappa shape index (κ2) is 11.8. The van der Waals surface area contributed by atoms with Gasteiger partial charge in [0.15, 0.2) is 5.66 Å². The number of esters is 1. The number of ether oxygens (including phenoxy) is 1. The van der Waals surface area contributed by atoms with E-state index in [-0.39, 0.29) is 13.2 Å². The van der Waals surface area contributed by atoms with Gasteiger partial charge < -0.3 is 19.1 Å². The monoisotopic (exact) mass is 521 g/mol. The Kier molecular flexibility index (Phi) is 9.05. The van der Waals surface area contributed by atoms with Crippen LogP contribution in [0.5, 0.6) is 5.75 Å². The molecule has 7 nitrogen and oxygen atoms in total. The largest absolute Gasteiger partial charge is 0.427 e. The number of fused-ring (bicyclic) bond motifs is 1. The number of thiophene rings is 1. The van der Waals surface area contributed by atoms with Crippen LogP contribution >= 0.6 is 30.5 Å². The van der Waals surface area contributed by atoms with Gasteiger partial charge in [-0.05, 0) is 72.1 Å². The van der Waals surface area contributed by atoms with Crippen LogP contribution in [-0.2, 0) is 23.2 Å². The maximum absolute atomic E-state index is 13.7. The summed E-state index contributed by atoms with van der Waals surface area (Å²) in [7, 11) is -3.86. The van der Waals surface area contributed by atoms with E-state index in [9.17, 15) is 14.2 Å². The van der Waals surface area contributed by atoms with Crippen molar-refractivity contribution in [2.75, 3.05) is 13.2 Å². The topological polar surface area (TPSA) is 90.9 Å². The predicted octanol–water partition coefficient (Wildman–Crippen LogP) is 6.57. The highest BCUT2D eigenvalue weighted by Gasteiger charge is 2.43. The van der Waals surface area contributed by atoms with Crippen LogP contribution in [0.2, 0.25) is 5.02 Å². The molecule has 0 spiro atoms. The molecule has 1 N–H and O–H groups in total. The van der Waals surface area contributed by atoms with Gasteiger partial charge in [-0.2, -0.15) is 0 Å². The second-order valence-corrected chi connectivity index (χ2v) is 10.6. The van der Waals surface area contributed by atoms with Crippen molar-refractivity contribution in [2.24, 2.45) is 0 Å². The molecule has 1 atom stereocenters. The van der Waals surface area contributed by atoms with Gasteiger partial charge in [-0.15, -0.1) is 11.3 Å². The molecule has 3 aromatic rings. The van der Waals surface area contributed by atoms with E-state index < -0.39 is 25.1 Å². The Balaban J connectivity index is 1.90. The molecule has 0 saturated carbocycles. The molecule has 0 radical (unpaired) electrons. The first kappa shape index (κ1) is 26.1. The van der Waals surface area contributed by atoms with Crippen molar-refractivity contribution in [3.05, 3.63) is 70.2 Å². The van der Waals surface area contributed by atoms with Gasteiger partial charge in [0.1, 0.15) is 5.75 Å². The number of carbonyl (C=O) groups is 2. The molecule has 1 amide bonds. The van der Waals surface area contributed by atoms with Crippen LogP contribution in [0.1, 0.15) is 37.6 Å². The fourth-order valence-electron chi connectivity index (χ4n) is 3.35. The fourth-order valence-corrected chi connectivity index (χ4v) is 6.59. The molecule has 1 unspecified atom stereocenters. The van der Waals surface area contributed by atoms with Gasteiger partial charge >= 0.3 is 13.6 Å². The summed E-state index contributed by atoms with van der Waals surface area (Å²) in [5, 5.41) is 5.72. The smallest absolute Gasteiger partial charge is 0.347 e. The van der Waals surface area contributed by atoms with Gasteiger partial charge in [-0.25, -0.2) is 0 Å². The molecule has 0 fully saturated rings. The van der Waals surface area contributed by atoms with E-state index in [2.05, 4.69) is 5.32 Å². The number of hydrogen-bond donors (Lipinski definition) is 1. The summed E-state index contributed by atoms with van der Waals surface area (Å²) in [5.41, 5.74) is 0.110. The van der Waals surface area contributed by atoms with Gasteiger partial charge in [0.25, 0.3) is 0 Å². The van der Waals surface area contributed by atoms with Crippen LogP contribution in [0.4, 0.5) is 0 Å². The summed E-state index contributed by atoms with van der Waals surface area (Å²) in [4.78, 5) is 24.4. The number of nitrogens with one attached hydrogen (secondary N) is 1. The van der Waals surface area contributed by atoms with Crippen molar-refractivity contribution in [2.45, 2.75) is 26.4 Å². The second-order valence-electron chi connectivity index (χ2n) is 7.11. The molecule has 0 aliphatic rings. The van der Waals surface area contributed by atoms with E-state index in [1.807, 2.05) is 6.07 Å². The van der Waals surface area contributed by atoms with E-state index >= 15 is 0 Å². The minimum absolute atomic E-state index is 0.119. The summed E-state index contributed by atoms with van der Waals surface area (Å²) >= 11 is 7.61. The lowest BCUT2D eigenvalue weighted by molar-refractivity contribution is -0.131. The normalized spacial score (nSPS) is 12.7. The first-order chi connectivity index (χ1) is 16.3. The van der Waals surface area contributed by atoms with Crippen LogP contribution in [0.15, 0.2) is 54.0 Å². The molecule has 10 heteroatoms. The van der Waals surface area contributed by atoms with Gasteiger partial charge in [-0.1, -0.05) is 23.7 Å². The number of rotatable bonds is 10. The first-order valence-electron chi connectivity index (χ1n) is 10.6. The van der Waals surface area contributed by atoms with Gasteiger partial charge in [0, 0.05) is 22.8 Å². The zero-order valence-electron chi connectivity index (χ0n) is 18.9. The van der Waals surface area contributed by atoms with Gasteiger partial charge in [-0.3, -0.25) is 14.2 Å². The molecule has 1 aromatic heterocycles. The summed E-state index contributed by atoms with van der Waals surface area (Å²) in [6.45, 7) is 4.96. The van der Waals surface area contributed by atoms with Crippen molar-refractivity contribution in [1.82, 2.24) is 5.32 Å². The number of benzene rings is 2. The van der Waals surface area contributed by atoms with Crippen molar-refractivity contribution >= 4 is 58.6 Å². The Morgan fingerprint density at radius 3 is 2.41 bits per heavy atom. The Hall–Kier alpha value is -2.48. The number of amides is 1. The lowest BCUT2D eigenvalue weighted by Crippen LogP contribution is -2.26. The Bertz CT molecular complexity index is 1230. The third kappa shape index (κ3) is 6.34. The van der Waals surface area contributed by atoms with Crippen molar-refractivity contribution < 1.29 is 27.9 Å².